The summed E-state index contributed by atoms with van der Waals surface area (Å²) in [5.41, 5.74) is 8.16. The van der Waals surface area contributed by atoms with E-state index in [4.69, 9.17) is 4.74 Å². The molecular weight excluding hydrogens is 462 g/mol. The van der Waals surface area contributed by atoms with Crippen LogP contribution in [-0.2, 0) is 13.5 Å². The fraction of sp³-hybridized carbons (Fsp3) is 0.361. The summed E-state index contributed by atoms with van der Waals surface area (Å²) in [7, 11) is 2.20. The van der Waals surface area contributed by atoms with Crippen LogP contribution in [0.3, 0.4) is 0 Å². The van der Waals surface area contributed by atoms with E-state index < -0.39 is 0 Å². The third-order valence-electron chi connectivity index (χ3n) is 8.99. The van der Waals surface area contributed by atoms with Gasteiger partial charge in [0, 0.05) is 17.0 Å². The standard InChI is InChI=1S/C36H38NO/c1-21-14-15-26-28(18-21)22(2)31-34-33-27(16-17-37(34)6)32-24(12-9-13-25(32)23-10-7-8-11-23)19-30(33)38-35(31)29(26)20-36(3,4)5/h9,12-19,23H,7-8,10-11,20H2,1-6H3/q+1. The third-order valence-corrected chi connectivity index (χ3v) is 8.99. The Morgan fingerprint density at radius 1 is 0.895 bits per heavy atom. The van der Waals surface area contributed by atoms with E-state index in [1.807, 2.05) is 0 Å². The summed E-state index contributed by atoms with van der Waals surface area (Å²) in [6.07, 6.45) is 8.52. The second kappa shape index (κ2) is 8.30. The van der Waals surface area contributed by atoms with Crippen LogP contribution in [0, 0.1) is 19.3 Å². The van der Waals surface area contributed by atoms with Crippen LogP contribution in [-0.4, -0.2) is 0 Å². The van der Waals surface area contributed by atoms with E-state index in [1.54, 1.807) is 0 Å². The first-order valence-electron chi connectivity index (χ1n) is 14.3. The molecule has 0 N–H and O–H groups in total. The minimum Gasteiger partial charge on any atom is -0.455 e. The molecule has 0 atom stereocenters. The predicted molar refractivity (Wildman–Crippen MR) is 159 cm³/mol. The minimum absolute atomic E-state index is 0.137. The van der Waals surface area contributed by atoms with E-state index in [1.165, 1.54) is 91.5 Å². The first kappa shape index (κ1) is 23.7. The summed E-state index contributed by atoms with van der Waals surface area (Å²) in [5, 5.41) is 7.99. The average Bonchev–Trinajstić information content (AvgIpc) is 3.41. The van der Waals surface area contributed by atoms with Gasteiger partial charge in [0.25, 0.3) is 0 Å². The van der Waals surface area contributed by atoms with E-state index in [0.29, 0.717) is 5.92 Å². The number of ether oxygens (including phenoxy) is 1. The molecule has 192 valence electrons. The van der Waals surface area contributed by atoms with Crippen molar-refractivity contribution in [2.45, 2.75) is 72.6 Å². The lowest BCUT2D eigenvalue weighted by Gasteiger charge is -2.28. The van der Waals surface area contributed by atoms with Gasteiger partial charge < -0.3 is 4.74 Å². The van der Waals surface area contributed by atoms with Crippen LogP contribution in [0.4, 0.5) is 0 Å². The smallest absolute Gasteiger partial charge is 0.228 e. The highest BCUT2D eigenvalue weighted by Crippen LogP contribution is 2.53. The number of benzene rings is 4. The molecule has 1 saturated carbocycles. The van der Waals surface area contributed by atoms with Gasteiger partial charge in [0.15, 0.2) is 6.20 Å². The van der Waals surface area contributed by atoms with Crippen LogP contribution in [0.1, 0.15) is 74.6 Å². The Morgan fingerprint density at radius 2 is 1.68 bits per heavy atom. The lowest BCUT2D eigenvalue weighted by molar-refractivity contribution is -0.659. The lowest BCUT2D eigenvalue weighted by atomic mass is 9.81. The maximum Gasteiger partial charge on any atom is 0.228 e. The van der Waals surface area contributed by atoms with Crippen molar-refractivity contribution < 1.29 is 9.30 Å². The Balaban J connectivity index is 1.63. The highest BCUT2D eigenvalue weighted by Gasteiger charge is 2.35. The van der Waals surface area contributed by atoms with Crippen molar-refractivity contribution in [3.63, 3.8) is 0 Å². The lowest BCUT2D eigenvalue weighted by Crippen LogP contribution is -2.32. The topological polar surface area (TPSA) is 13.1 Å². The third kappa shape index (κ3) is 3.49. The Hall–Kier alpha value is -3.39. The first-order chi connectivity index (χ1) is 18.2. The zero-order valence-corrected chi connectivity index (χ0v) is 23.7. The predicted octanol–water partition coefficient (Wildman–Crippen LogP) is 9.61. The van der Waals surface area contributed by atoms with Gasteiger partial charge in [0.1, 0.15) is 18.5 Å². The van der Waals surface area contributed by atoms with E-state index in [2.05, 4.69) is 101 Å². The number of hydrogen-bond donors (Lipinski definition) is 0. The SMILES string of the molecule is Cc1ccc2c(CC(C)(C)C)c3c(c(C)c2c1)-c1c2c(cc4cccc(C5CCCC5)c4c2cc[n+]1C)O3. The van der Waals surface area contributed by atoms with Crippen LogP contribution >= 0.6 is 0 Å². The molecule has 2 nitrogen and oxygen atoms in total. The molecule has 1 aromatic heterocycles. The quantitative estimate of drug-likeness (QED) is 0.170. The summed E-state index contributed by atoms with van der Waals surface area (Å²) >= 11 is 0. The number of hydrogen-bond acceptors (Lipinski definition) is 1. The molecule has 4 aromatic carbocycles. The summed E-state index contributed by atoms with van der Waals surface area (Å²) < 4.78 is 9.39. The minimum atomic E-state index is 0.137. The van der Waals surface area contributed by atoms with Crippen molar-refractivity contribution in [3.05, 3.63) is 77.0 Å². The van der Waals surface area contributed by atoms with Gasteiger partial charge in [0.2, 0.25) is 5.69 Å². The van der Waals surface area contributed by atoms with Crippen molar-refractivity contribution >= 4 is 32.3 Å². The van der Waals surface area contributed by atoms with Gasteiger partial charge in [-0.3, -0.25) is 0 Å². The average molecular weight is 501 g/mol. The molecule has 7 rings (SSSR count). The summed E-state index contributed by atoms with van der Waals surface area (Å²) in [6, 6.07) is 18.5. The van der Waals surface area contributed by atoms with Crippen molar-refractivity contribution in [2.75, 3.05) is 0 Å². The maximum absolute atomic E-state index is 7.06. The molecule has 2 heteroatoms. The van der Waals surface area contributed by atoms with E-state index >= 15 is 0 Å². The summed E-state index contributed by atoms with van der Waals surface area (Å²) in [4.78, 5) is 0. The number of fused-ring (bicyclic) bond motifs is 5. The molecule has 0 radical (unpaired) electrons. The molecule has 2 heterocycles. The number of nitrogens with zero attached hydrogens (tertiary/aromatic N) is 1. The van der Waals surface area contributed by atoms with Gasteiger partial charge >= 0.3 is 0 Å². The molecule has 5 aromatic rings. The molecule has 1 fully saturated rings. The Kier molecular flexibility index (Phi) is 5.18. The van der Waals surface area contributed by atoms with Gasteiger partial charge in [-0.2, -0.15) is 0 Å². The second-order valence-electron chi connectivity index (χ2n) is 13.1. The van der Waals surface area contributed by atoms with E-state index in [9.17, 15) is 0 Å². The fourth-order valence-electron chi connectivity index (χ4n) is 7.32. The maximum atomic E-state index is 7.06. The molecular formula is C36H38NO+. The molecule has 1 aliphatic heterocycles. The van der Waals surface area contributed by atoms with Crippen LogP contribution in [0.15, 0.2) is 54.7 Å². The van der Waals surface area contributed by atoms with Crippen molar-refractivity contribution in [3.8, 4) is 22.8 Å². The van der Waals surface area contributed by atoms with Gasteiger partial charge in [0.05, 0.1) is 10.9 Å². The number of rotatable bonds is 2. The fourth-order valence-corrected chi connectivity index (χ4v) is 7.32. The molecule has 0 saturated heterocycles. The molecule has 0 unspecified atom stereocenters. The zero-order valence-electron chi connectivity index (χ0n) is 23.7. The zero-order chi connectivity index (χ0) is 26.3. The largest absolute Gasteiger partial charge is 0.455 e. The van der Waals surface area contributed by atoms with Gasteiger partial charge in [-0.15, -0.1) is 0 Å². The number of aryl methyl sites for hydroxylation is 3. The highest BCUT2D eigenvalue weighted by molar-refractivity contribution is 6.17. The van der Waals surface area contributed by atoms with Gasteiger partial charge in [-0.1, -0.05) is 75.6 Å². The number of aromatic nitrogens is 1. The molecule has 0 spiro atoms. The van der Waals surface area contributed by atoms with Crippen molar-refractivity contribution in [1.82, 2.24) is 0 Å². The first-order valence-corrected chi connectivity index (χ1v) is 14.3. The van der Waals surface area contributed by atoms with E-state index in [0.717, 1.165) is 17.9 Å². The molecule has 0 bridgehead atoms. The van der Waals surface area contributed by atoms with Crippen LogP contribution in [0.2, 0.25) is 0 Å². The monoisotopic (exact) mass is 500 g/mol. The van der Waals surface area contributed by atoms with Crippen molar-refractivity contribution in [1.29, 1.82) is 0 Å². The normalized spacial score (nSPS) is 15.4. The Bertz CT molecular complexity index is 1780. The van der Waals surface area contributed by atoms with Crippen LogP contribution < -0.4 is 9.30 Å². The van der Waals surface area contributed by atoms with Gasteiger partial charge in [-0.25, -0.2) is 4.57 Å². The van der Waals surface area contributed by atoms with Crippen molar-refractivity contribution in [2.24, 2.45) is 12.5 Å². The van der Waals surface area contributed by atoms with Gasteiger partial charge in [-0.05, 0) is 83.2 Å². The second-order valence-corrected chi connectivity index (χ2v) is 13.1. The Labute approximate surface area is 226 Å². The molecule has 1 aliphatic carbocycles. The Morgan fingerprint density at radius 3 is 2.45 bits per heavy atom. The van der Waals surface area contributed by atoms with Crippen LogP contribution in [0.5, 0.6) is 11.5 Å². The van der Waals surface area contributed by atoms with Crippen LogP contribution in [0.25, 0.3) is 43.6 Å². The molecule has 38 heavy (non-hydrogen) atoms. The summed E-state index contributed by atoms with van der Waals surface area (Å²) in [5.74, 6) is 2.71. The molecule has 2 aliphatic rings. The number of pyridine rings is 1. The van der Waals surface area contributed by atoms with E-state index in [-0.39, 0.29) is 5.41 Å². The summed E-state index contributed by atoms with van der Waals surface area (Å²) in [6.45, 7) is 11.5. The molecule has 0 amide bonds. The highest BCUT2D eigenvalue weighted by atomic mass is 16.5.